The zero-order chi connectivity index (χ0) is 34.5. The number of aliphatic hydroxyl groups is 1. The van der Waals surface area contributed by atoms with Crippen LogP contribution >= 0.6 is 0 Å². The van der Waals surface area contributed by atoms with Crippen molar-refractivity contribution in [1.82, 2.24) is 9.62 Å². The average molecular weight is 704 g/mol. The Bertz CT molecular complexity index is 1530. The number of carbonyl (C=O) groups excluding carboxylic acids is 2. The number of sulfonamides is 1. The highest BCUT2D eigenvalue weighted by atomic mass is 32.2. The fourth-order valence-electron chi connectivity index (χ4n) is 6.73. The van der Waals surface area contributed by atoms with Gasteiger partial charge in [-0.3, -0.25) is 5.32 Å². The molecule has 15 heteroatoms. The Morgan fingerprint density at radius 2 is 1.45 bits per heavy atom. The van der Waals surface area contributed by atoms with Crippen molar-refractivity contribution < 1.29 is 51.5 Å². The van der Waals surface area contributed by atoms with Crippen LogP contribution in [0.1, 0.15) is 32.3 Å². The lowest BCUT2D eigenvalue weighted by atomic mass is 10.0. The first-order valence-electron chi connectivity index (χ1n) is 16.8. The number of hydrogen-bond donors (Lipinski definition) is 3. The molecule has 4 aliphatic rings. The predicted molar refractivity (Wildman–Crippen MR) is 175 cm³/mol. The number of carbonyl (C=O) groups is 2. The fourth-order valence-corrected chi connectivity index (χ4v) is 8.35. The van der Waals surface area contributed by atoms with E-state index in [2.05, 4.69) is 10.6 Å². The van der Waals surface area contributed by atoms with Crippen LogP contribution in [-0.2, 0) is 44.9 Å². The van der Waals surface area contributed by atoms with E-state index in [0.29, 0.717) is 25.3 Å². The molecule has 4 fully saturated rings. The minimum absolute atomic E-state index is 0.00891. The number of amides is 2. The van der Waals surface area contributed by atoms with E-state index in [4.69, 9.17) is 28.4 Å². The molecule has 0 aromatic heterocycles. The zero-order valence-electron chi connectivity index (χ0n) is 27.6. The third-order valence-electron chi connectivity index (χ3n) is 9.25. The number of fused-ring (bicyclic) bond motifs is 2. The number of aliphatic hydroxyl groups excluding tert-OH is 1. The van der Waals surface area contributed by atoms with Crippen molar-refractivity contribution in [1.29, 1.82) is 0 Å². The summed E-state index contributed by atoms with van der Waals surface area (Å²) in [6.45, 7) is 5.15. The second kappa shape index (κ2) is 15.7. The van der Waals surface area contributed by atoms with Crippen molar-refractivity contribution in [3.05, 3.63) is 60.2 Å². The van der Waals surface area contributed by atoms with Gasteiger partial charge in [-0.1, -0.05) is 44.2 Å². The summed E-state index contributed by atoms with van der Waals surface area (Å²) in [6, 6.07) is 14.2. The second-order valence-electron chi connectivity index (χ2n) is 13.3. The van der Waals surface area contributed by atoms with Gasteiger partial charge in [0.15, 0.2) is 12.6 Å². The molecule has 1 unspecified atom stereocenters. The van der Waals surface area contributed by atoms with E-state index in [9.17, 15) is 23.1 Å². The number of ether oxygens (including phenoxy) is 6. The maximum absolute atomic E-state index is 14.0. The van der Waals surface area contributed by atoms with Gasteiger partial charge in [-0.05, 0) is 55.0 Å². The van der Waals surface area contributed by atoms with Crippen molar-refractivity contribution in [3.8, 4) is 0 Å². The van der Waals surface area contributed by atoms with Gasteiger partial charge in [0.2, 0.25) is 10.0 Å². The van der Waals surface area contributed by atoms with Crippen molar-refractivity contribution in [2.75, 3.05) is 44.8 Å². The molecule has 4 heterocycles. The van der Waals surface area contributed by atoms with E-state index in [1.165, 1.54) is 28.6 Å². The predicted octanol–water partition coefficient (Wildman–Crippen LogP) is 3.10. The Kier molecular flexibility index (Phi) is 11.4. The highest BCUT2D eigenvalue weighted by Crippen LogP contribution is 2.34. The van der Waals surface area contributed by atoms with Crippen LogP contribution in [0, 0.1) is 17.8 Å². The summed E-state index contributed by atoms with van der Waals surface area (Å²) in [4.78, 5) is 25.7. The summed E-state index contributed by atoms with van der Waals surface area (Å²) in [6.07, 6.45) is -2.63. The molecule has 2 aromatic carbocycles. The highest BCUT2D eigenvalue weighted by Gasteiger charge is 2.45. The Morgan fingerprint density at radius 1 is 0.857 bits per heavy atom. The minimum atomic E-state index is -4.10. The van der Waals surface area contributed by atoms with E-state index < -0.39 is 46.6 Å². The highest BCUT2D eigenvalue weighted by molar-refractivity contribution is 7.89. The molecule has 4 aliphatic heterocycles. The van der Waals surface area contributed by atoms with E-state index in [-0.39, 0.29) is 68.0 Å². The average Bonchev–Trinajstić information content (AvgIpc) is 3.87. The summed E-state index contributed by atoms with van der Waals surface area (Å²) in [5, 5.41) is 17.0. The first kappa shape index (κ1) is 35.5. The van der Waals surface area contributed by atoms with Crippen LogP contribution < -0.4 is 10.6 Å². The van der Waals surface area contributed by atoms with Crippen molar-refractivity contribution in [3.63, 3.8) is 0 Å². The van der Waals surface area contributed by atoms with E-state index >= 15 is 0 Å². The number of nitrogens with one attached hydrogen (secondary N) is 2. The van der Waals surface area contributed by atoms with Gasteiger partial charge in [0.1, 0.15) is 12.2 Å². The molecule has 2 aromatic rings. The van der Waals surface area contributed by atoms with Crippen molar-refractivity contribution in [2.24, 2.45) is 17.8 Å². The van der Waals surface area contributed by atoms with Crippen LogP contribution in [0.15, 0.2) is 59.5 Å². The monoisotopic (exact) mass is 703 g/mol. The van der Waals surface area contributed by atoms with Gasteiger partial charge >= 0.3 is 12.2 Å². The van der Waals surface area contributed by atoms with Crippen LogP contribution in [0.2, 0.25) is 0 Å². The van der Waals surface area contributed by atoms with Gasteiger partial charge in [0, 0.05) is 18.8 Å². The van der Waals surface area contributed by atoms with Crippen LogP contribution in [0.5, 0.6) is 0 Å². The van der Waals surface area contributed by atoms with E-state index in [0.717, 1.165) is 12.0 Å². The topological polar surface area (TPSA) is 171 Å². The zero-order valence-corrected chi connectivity index (χ0v) is 28.5. The molecular formula is C34H45N3O11S. The van der Waals surface area contributed by atoms with Gasteiger partial charge in [-0.25, -0.2) is 18.0 Å². The number of rotatable bonds is 13. The van der Waals surface area contributed by atoms with Crippen LogP contribution in [-0.4, -0.2) is 106 Å². The molecule has 268 valence electrons. The van der Waals surface area contributed by atoms with Gasteiger partial charge in [-0.2, -0.15) is 4.31 Å². The fraction of sp³-hybridized carbons (Fsp3) is 0.588. The molecule has 0 bridgehead atoms. The smallest absolute Gasteiger partial charge is 0.411 e. The lowest BCUT2D eigenvalue weighted by molar-refractivity contribution is -0.0909. The first-order chi connectivity index (χ1) is 23.6. The lowest BCUT2D eigenvalue weighted by Gasteiger charge is -2.31. The van der Waals surface area contributed by atoms with Gasteiger partial charge in [0.05, 0.1) is 55.3 Å². The third kappa shape index (κ3) is 8.71. The van der Waals surface area contributed by atoms with Gasteiger partial charge < -0.3 is 38.8 Å². The van der Waals surface area contributed by atoms with Crippen molar-refractivity contribution >= 4 is 27.9 Å². The summed E-state index contributed by atoms with van der Waals surface area (Å²) in [5.74, 6) is -0.138. The largest absolute Gasteiger partial charge is 0.443 e. The van der Waals surface area contributed by atoms with Gasteiger partial charge in [-0.15, -0.1) is 0 Å². The molecule has 6 rings (SSSR count). The number of anilines is 1. The Hall–Kier alpha value is -3.31. The van der Waals surface area contributed by atoms with Gasteiger partial charge in [0.25, 0.3) is 0 Å². The molecule has 3 N–H and O–H groups in total. The maximum Gasteiger partial charge on any atom is 0.411 e. The summed E-state index contributed by atoms with van der Waals surface area (Å²) < 4.78 is 62.5. The lowest BCUT2D eigenvalue weighted by Crippen LogP contribution is -2.51. The van der Waals surface area contributed by atoms with E-state index in [1.54, 1.807) is 0 Å². The molecule has 2 amide bonds. The number of alkyl carbamates (subject to hydrolysis) is 1. The van der Waals surface area contributed by atoms with Crippen LogP contribution in [0.3, 0.4) is 0 Å². The Morgan fingerprint density at radius 3 is 2.04 bits per heavy atom. The summed E-state index contributed by atoms with van der Waals surface area (Å²) in [5.41, 5.74) is 1.20. The SMILES string of the molecule is CC(C)CN(C[C@@H](O)C(Cc1ccccc1)NC(=O)O[C@H]1CO[C@H]2OCC[C@H]21)S(=O)(=O)c1ccc(NC(=O)O[C@H]2CO[C@H]3OCC[C@H]32)cc1. The first-order valence-corrected chi connectivity index (χ1v) is 18.2. The van der Waals surface area contributed by atoms with Crippen LogP contribution in [0.25, 0.3) is 0 Å². The minimum Gasteiger partial charge on any atom is -0.443 e. The summed E-state index contributed by atoms with van der Waals surface area (Å²) in [7, 11) is -4.10. The number of hydrogen-bond acceptors (Lipinski definition) is 11. The molecule has 0 saturated carbocycles. The molecule has 8 atom stereocenters. The van der Waals surface area contributed by atoms with Crippen molar-refractivity contribution in [2.45, 2.75) is 74.9 Å². The van der Waals surface area contributed by atoms with Crippen LogP contribution in [0.4, 0.5) is 15.3 Å². The number of nitrogens with zero attached hydrogens (tertiary/aromatic N) is 1. The molecule has 0 spiro atoms. The maximum atomic E-state index is 14.0. The molecule has 0 radical (unpaired) electrons. The second-order valence-corrected chi connectivity index (χ2v) is 15.2. The van der Waals surface area contributed by atoms with E-state index in [1.807, 2.05) is 44.2 Å². The normalized spacial score (nSPS) is 27.4. The molecule has 14 nitrogen and oxygen atoms in total. The Labute approximate surface area is 286 Å². The third-order valence-corrected chi connectivity index (χ3v) is 11.1. The number of benzene rings is 2. The Balaban J connectivity index is 1.11. The molecule has 49 heavy (non-hydrogen) atoms. The molecule has 4 saturated heterocycles. The molecule has 0 aliphatic carbocycles. The standard InChI is InChI=1S/C34H45N3O11S/c1-21(2)17-37(49(41,42)24-10-8-23(9-11-24)35-33(39)47-29-19-45-31-25(29)12-14-43-31)18-28(38)27(16-22-6-4-3-5-7-22)36-34(40)48-30-20-46-32-26(30)13-15-44-32/h3-11,21,25-32,38H,12-20H2,1-2H3,(H,35,39)(H,36,40)/t25-,26-,27?,28+,29-,30-,31+,32+/m0/s1. The summed E-state index contributed by atoms with van der Waals surface area (Å²) >= 11 is 0. The molecular weight excluding hydrogens is 658 g/mol. The quantitative estimate of drug-likeness (QED) is 0.280.